The minimum atomic E-state index is 0.253. The average molecular weight is 403 g/mol. The molecule has 3 saturated heterocycles. The molecule has 4 rings (SSSR count). The molecule has 160 valence electrons. The van der Waals surface area contributed by atoms with Gasteiger partial charge in [-0.15, -0.1) is 0 Å². The number of piperidine rings is 2. The first kappa shape index (κ1) is 20.5. The van der Waals surface area contributed by atoms with Crippen LogP contribution in [0.4, 0.5) is 0 Å². The van der Waals surface area contributed by atoms with Gasteiger partial charge in [-0.3, -0.25) is 9.69 Å². The number of benzene rings is 1. The van der Waals surface area contributed by atoms with E-state index in [0.29, 0.717) is 24.3 Å². The number of rotatable bonds is 7. The molecule has 0 radical (unpaired) electrons. The lowest BCUT2D eigenvalue weighted by molar-refractivity contribution is -0.141. The third kappa shape index (κ3) is 5.23. The van der Waals surface area contributed by atoms with Crippen LogP contribution in [0.15, 0.2) is 24.3 Å². The number of likely N-dealkylation sites (tertiary alicyclic amines) is 2. The maximum absolute atomic E-state index is 12.4. The van der Waals surface area contributed by atoms with Crippen molar-refractivity contribution in [2.45, 2.75) is 44.6 Å². The number of methoxy groups -OCH3 is 1. The molecule has 0 aliphatic carbocycles. The molecular weight excluding hydrogens is 368 g/mol. The summed E-state index contributed by atoms with van der Waals surface area (Å²) >= 11 is 0. The average Bonchev–Trinajstić information content (AvgIpc) is 3.26. The highest BCUT2D eigenvalue weighted by molar-refractivity contribution is 5.77. The van der Waals surface area contributed by atoms with Gasteiger partial charge in [-0.25, -0.2) is 0 Å². The lowest BCUT2D eigenvalue weighted by Gasteiger charge is -2.47. The third-order valence-corrected chi connectivity index (χ3v) is 6.83. The van der Waals surface area contributed by atoms with Crippen LogP contribution in [0.2, 0.25) is 0 Å². The van der Waals surface area contributed by atoms with E-state index in [1.54, 1.807) is 7.11 Å². The van der Waals surface area contributed by atoms with Crippen LogP contribution in [0, 0.1) is 5.41 Å². The summed E-state index contributed by atoms with van der Waals surface area (Å²) in [5.74, 6) is 2.00. The zero-order valence-electron chi connectivity index (χ0n) is 17.6. The van der Waals surface area contributed by atoms with Crippen molar-refractivity contribution < 1.29 is 19.0 Å². The van der Waals surface area contributed by atoms with Crippen molar-refractivity contribution in [3.05, 3.63) is 24.3 Å². The lowest BCUT2D eigenvalue weighted by atomic mass is 9.72. The number of amides is 1. The molecule has 1 atom stereocenters. The van der Waals surface area contributed by atoms with Gasteiger partial charge < -0.3 is 19.1 Å². The van der Waals surface area contributed by atoms with E-state index in [1.165, 1.54) is 12.8 Å². The largest absolute Gasteiger partial charge is 0.497 e. The van der Waals surface area contributed by atoms with E-state index in [4.69, 9.17) is 14.2 Å². The predicted molar refractivity (Wildman–Crippen MR) is 111 cm³/mol. The van der Waals surface area contributed by atoms with Crippen molar-refractivity contribution in [3.8, 4) is 11.5 Å². The monoisotopic (exact) mass is 402 g/mol. The molecule has 3 heterocycles. The van der Waals surface area contributed by atoms with Crippen molar-refractivity contribution >= 4 is 5.91 Å². The van der Waals surface area contributed by atoms with Crippen LogP contribution in [-0.4, -0.2) is 74.9 Å². The topological polar surface area (TPSA) is 51.2 Å². The molecule has 3 aliphatic heterocycles. The van der Waals surface area contributed by atoms with Crippen LogP contribution >= 0.6 is 0 Å². The molecule has 0 aromatic heterocycles. The Morgan fingerprint density at radius 1 is 1.21 bits per heavy atom. The second kappa shape index (κ2) is 9.35. The Bertz CT molecular complexity index is 681. The van der Waals surface area contributed by atoms with Crippen molar-refractivity contribution in [2.75, 3.05) is 53.0 Å². The van der Waals surface area contributed by atoms with E-state index in [-0.39, 0.29) is 6.10 Å². The maximum atomic E-state index is 12.4. The second-order valence-electron chi connectivity index (χ2n) is 8.78. The van der Waals surface area contributed by atoms with Crippen LogP contribution in [0.1, 0.15) is 38.5 Å². The van der Waals surface area contributed by atoms with Gasteiger partial charge in [0.05, 0.1) is 13.2 Å². The SMILES string of the molecule is COc1cccc(OCCN2CCC3(CCC(=O)N(CC4CCCO4)C3)CC2)c1. The van der Waals surface area contributed by atoms with Gasteiger partial charge in [0.25, 0.3) is 0 Å². The van der Waals surface area contributed by atoms with Crippen LogP contribution in [0.5, 0.6) is 11.5 Å². The Labute approximate surface area is 174 Å². The standard InChI is InChI=1S/C23H34N2O4/c1-27-19-4-2-5-20(16-19)29-15-13-24-11-9-23(10-12-24)8-7-22(26)25(18-23)17-21-6-3-14-28-21/h2,4-5,16,21H,3,6-15,17-18H2,1H3. The van der Waals surface area contributed by atoms with Crippen molar-refractivity contribution in [1.82, 2.24) is 9.80 Å². The minimum Gasteiger partial charge on any atom is -0.497 e. The van der Waals surface area contributed by atoms with Crippen molar-refractivity contribution in [1.29, 1.82) is 0 Å². The zero-order chi connectivity index (χ0) is 20.1. The van der Waals surface area contributed by atoms with Crippen LogP contribution in [0.3, 0.4) is 0 Å². The van der Waals surface area contributed by atoms with Gasteiger partial charge in [0.2, 0.25) is 5.91 Å². The molecule has 0 N–H and O–H groups in total. The summed E-state index contributed by atoms with van der Waals surface area (Å²) in [6.45, 7) is 6.35. The minimum absolute atomic E-state index is 0.253. The number of carbonyl (C=O) groups is 1. The van der Waals surface area contributed by atoms with Gasteiger partial charge >= 0.3 is 0 Å². The first-order valence-electron chi connectivity index (χ1n) is 11.0. The van der Waals surface area contributed by atoms with Crippen LogP contribution in [0.25, 0.3) is 0 Å². The molecule has 6 heteroatoms. The third-order valence-electron chi connectivity index (χ3n) is 6.83. The Balaban J connectivity index is 1.22. The molecule has 3 aliphatic rings. The zero-order valence-corrected chi connectivity index (χ0v) is 17.6. The van der Waals surface area contributed by atoms with Gasteiger partial charge in [0.15, 0.2) is 0 Å². The maximum Gasteiger partial charge on any atom is 0.222 e. The van der Waals surface area contributed by atoms with Gasteiger partial charge in [-0.05, 0) is 62.7 Å². The van der Waals surface area contributed by atoms with E-state index in [1.807, 2.05) is 24.3 Å². The van der Waals surface area contributed by atoms with Crippen LogP contribution < -0.4 is 9.47 Å². The summed E-state index contributed by atoms with van der Waals surface area (Å²) in [6.07, 6.45) is 6.56. The first-order valence-corrected chi connectivity index (χ1v) is 11.0. The Morgan fingerprint density at radius 3 is 2.79 bits per heavy atom. The summed E-state index contributed by atoms with van der Waals surface area (Å²) < 4.78 is 16.9. The smallest absolute Gasteiger partial charge is 0.222 e. The molecule has 3 fully saturated rings. The highest BCUT2D eigenvalue weighted by Crippen LogP contribution is 2.40. The molecule has 0 bridgehead atoms. The fourth-order valence-corrected chi connectivity index (χ4v) is 4.95. The number of carbonyl (C=O) groups excluding carboxylic acids is 1. The molecule has 29 heavy (non-hydrogen) atoms. The molecule has 1 aromatic rings. The summed E-state index contributed by atoms with van der Waals surface area (Å²) in [7, 11) is 1.67. The van der Waals surface area contributed by atoms with Gasteiger partial charge in [-0.2, -0.15) is 0 Å². The Hall–Kier alpha value is -1.79. The fraction of sp³-hybridized carbons (Fsp3) is 0.696. The number of hydrogen-bond donors (Lipinski definition) is 0. The summed E-state index contributed by atoms with van der Waals surface area (Å²) in [5, 5.41) is 0. The van der Waals surface area contributed by atoms with Gasteiger partial charge in [-0.1, -0.05) is 6.07 Å². The normalized spacial score (nSPS) is 24.8. The van der Waals surface area contributed by atoms with E-state index < -0.39 is 0 Å². The second-order valence-corrected chi connectivity index (χ2v) is 8.78. The van der Waals surface area contributed by atoms with Gasteiger partial charge in [0.1, 0.15) is 18.1 Å². The summed E-state index contributed by atoms with van der Waals surface area (Å²) in [5.41, 5.74) is 0.302. The molecule has 1 amide bonds. The first-order chi connectivity index (χ1) is 14.2. The highest BCUT2D eigenvalue weighted by Gasteiger charge is 2.41. The number of hydrogen-bond acceptors (Lipinski definition) is 5. The molecule has 0 saturated carbocycles. The van der Waals surface area contributed by atoms with E-state index in [9.17, 15) is 4.79 Å². The summed E-state index contributed by atoms with van der Waals surface area (Å²) in [6, 6.07) is 7.77. The Morgan fingerprint density at radius 2 is 2.03 bits per heavy atom. The van der Waals surface area contributed by atoms with Crippen molar-refractivity contribution in [2.24, 2.45) is 5.41 Å². The number of ether oxygens (including phenoxy) is 3. The van der Waals surface area contributed by atoms with E-state index in [2.05, 4.69) is 9.80 Å². The molecular formula is C23H34N2O4. The van der Waals surface area contributed by atoms with Crippen LogP contribution in [-0.2, 0) is 9.53 Å². The quantitative estimate of drug-likeness (QED) is 0.702. The number of nitrogens with zero attached hydrogens (tertiary/aromatic N) is 2. The summed E-state index contributed by atoms with van der Waals surface area (Å²) in [4.78, 5) is 17.0. The molecule has 1 spiro atoms. The predicted octanol–water partition coefficient (Wildman–Crippen LogP) is 2.96. The van der Waals surface area contributed by atoms with E-state index in [0.717, 1.165) is 70.1 Å². The fourth-order valence-electron chi connectivity index (χ4n) is 4.95. The lowest BCUT2D eigenvalue weighted by Crippen LogP contribution is -2.53. The van der Waals surface area contributed by atoms with Gasteiger partial charge in [0, 0.05) is 38.7 Å². The molecule has 1 unspecified atom stereocenters. The molecule has 1 aromatic carbocycles. The highest BCUT2D eigenvalue weighted by atomic mass is 16.5. The van der Waals surface area contributed by atoms with Crippen molar-refractivity contribution in [3.63, 3.8) is 0 Å². The van der Waals surface area contributed by atoms with E-state index >= 15 is 0 Å². The molecule has 6 nitrogen and oxygen atoms in total. The Kier molecular flexibility index (Phi) is 6.60.